The van der Waals surface area contributed by atoms with Crippen LogP contribution < -0.4 is 5.43 Å². The first-order chi connectivity index (χ1) is 9.58. The number of hydrazone groups is 1. The minimum absolute atomic E-state index is 0.170. The van der Waals surface area contributed by atoms with E-state index in [1.165, 1.54) is 0 Å². The van der Waals surface area contributed by atoms with Gasteiger partial charge in [0.15, 0.2) is 0 Å². The van der Waals surface area contributed by atoms with Crippen molar-refractivity contribution in [3.63, 3.8) is 0 Å². The van der Waals surface area contributed by atoms with Crippen LogP contribution in [0.3, 0.4) is 0 Å². The maximum atomic E-state index is 12.0. The zero-order chi connectivity index (χ0) is 14.5. The summed E-state index contributed by atoms with van der Waals surface area (Å²) in [5, 5.41) is 4.26. The summed E-state index contributed by atoms with van der Waals surface area (Å²) in [6.45, 7) is 6.44. The third-order valence-electron chi connectivity index (χ3n) is 3.54. The third kappa shape index (κ3) is 3.90. The average Bonchev–Trinajstić information content (AvgIpc) is 2.45. The van der Waals surface area contributed by atoms with Crippen molar-refractivity contribution in [3.8, 4) is 0 Å². The van der Waals surface area contributed by atoms with Crippen LogP contribution in [0.25, 0.3) is 0 Å². The van der Waals surface area contributed by atoms with Crippen molar-refractivity contribution in [1.29, 1.82) is 0 Å². The van der Waals surface area contributed by atoms with Gasteiger partial charge in [-0.3, -0.25) is 4.79 Å². The van der Waals surface area contributed by atoms with Crippen LogP contribution in [-0.4, -0.2) is 35.7 Å². The number of carbonyl (C=O) groups excluding carboxylic acids is 1. The molecule has 0 saturated carbocycles. The van der Waals surface area contributed by atoms with E-state index in [0.717, 1.165) is 36.1 Å². The van der Waals surface area contributed by atoms with E-state index in [-0.39, 0.29) is 5.91 Å². The lowest BCUT2D eigenvalue weighted by Crippen LogP contribution is -2.39. The molecule has 1 fully saturated rings. The smallest absolute Gasteiger partial charge is 0.272 e. The molecule has 1 aromatic carbocycles. The molecule has 0 atom stereocenters. The number of rotatable bonds is 3. The number of nitrogens with zero attached hydrogens (tertiary/aromatic N) is 2. The second-order valence-electron chi connectivity index (χ2n) is 5.23. The first kappa shape index (κ1) is 15.2. The lowest BCUT2D eigenvalue weighted by molar-refractivity contribution is 0.0953. The average molecular weight is 338 g/mol. The highest BCUT2D eigenvalue weighted by Gasteiger charge is 2.17. The number of likely N-dealkylation sites (tertiary alicyclic amines) is 1. The van der Waals surface area contributed by atoms with Gasteiger partial charge in [-0.25, -0.2) is 5.43 Å². The van der Waals surface area contributed by atoms with Crippen LogP contribution in [0.4, 0.5) is 0 Å². The Kier molecular flexibility index (Phi) is 5.31. The molecule has 20 heavy (non-hydrogen) atoms. The largest absolute Gasteiger partial charge is 0.300 e. The first-order valence-corrected chi connectivity index (χ1v) is 7.71. The second-order valence-corrected chi connectivity index (χ2v) is 6.08. The summed E-state index contributed by atoms with van der Waals surface area (Å²) in [7, 11) is 0. The fourth-order valence-corrected chi connectivity index (χ4v) is 2.71. The van der Waals surface area contributed by atoms with Gasteiger partial charge in [-0.15, -0.1) is 0 Å². The quantitative estimate of drug-likeness (QED) is 0.861. The molecular formula is C15H20BrN3O. The van der Waals surface area contributed by atoms with Crippen molar-refractivity contribution >= 4 is 27.5 Å². The number of hydrogen-bond donors (Lipinski definition) is 1. The van der Waals surface area contributed by atoms with Crippen LogP contribution in [0.2, 0.25) is 0 Å². The molecule has 0 aromatic heterocycles. The topological polar surface area (TPSA) is 44.7 Å². The maximum Gasteiger partial charge on any atom is 0.272 e. The van der Waals surface area contributed by atoms with Gasteiger partial charge >= 0.3 is 0 Å². The van der Waals surface area contributed by atoms with Gasteiger partial charge in [0, 0.05) is 42.2 Å². The SMILES string of the molecule is CC(C)N1CCC(=NNC(=O)c2ccccc2Br)CC1. The molecule has 2 rings (SSSR count). The molecule has 1 saturated heterocycles. The van der Waals surface area contributed by atoms with Gasteiger partial charge in [-0.1, -0.05) is 12.1 Å². The Morgan fingerprint density at radius 1 is 1.30 bits per heavy atom. The molecule has 1 aromatic rings. The van der Waals surface area contributed by atoms with Gasteiger partial charge in [-0.2, -0.15) is 5.10 Å². The number of carbonyl (C=O) groups is 1. The highest BCUT2D eigenvalue weighted by atomic mass is 79.9. The van der Waals surface area contributed by atoms with Crippen molar-refractivity contribution in [2.45, 2.75) is 32.7 Å². The van der Waals surface area contributed by atoms with Gasteiger partial charge in [-0.05, 0) is 41.9 Å². The summed E-state index contributed by atoms with van der Waals surface area (Å²) in [5.74, 6) is -0.170. The minimum atomic E-state index is -0.170. The van der Waals surface area contributed by atoms with Crippen molar-refractivity contribution in [2.75, 3.05) is 13.1 Å². The summed E-state index contributed by atoms with van der Waals surface area (Å²) < 4.78 is 0.785. The van der Waals surface area contributed by atoms with Crippen LogP contribution in [0.15, 0.2) is 33.8 Å². The van der Waals surface area contributed by atoms with Crippen molar-refractivity contribution in [1.82, 2.24) is 10.3 Å². The molecule has 1 aliphatic heterocycles. The second kappa shape index (κ2) is 6.99. The summed E-state index contributed by atoms with van der Waals surface area (Å²) >= 11 is 3.37. The molecule has 1 N–H and O–H groups in total. The molecule has 1 heterocycles. The molecule has 0 spiro atoms. The molecular weight excluding hydrogens is 318 g/mol. The van der Waals surface area contributed by atoms with Crippen LogP contribution in [0.1, 0.15) is 37.0 Å². The van der Waals surface area contributed by atoms with Crippen LogP contribution in [-0.2, 0) is 0 Å². The lowest BCUT2D eigenvalue weighted by atomic mass is 10.1. The van der Waals surface area contributed by atoms with E-state index in [1.807, 2.05) is 18.2 Å². The third-order valence-corrected chi connectivity index (χ3v) is 4.23. The van der Waals surface area contributed by atoms with E-state index < -0.39 is 0 Å². The Bertz CT molecular complexity index is 504. The van der Waals surface area contributed by atoms with Gasteiger partial charge in [0.25, 0.3) is 5.91 Å². The maximum absolute atomic E-state index is 12.0. The molecule has 0 radical (unpaired) electrons. The normalized spacial score (nSPS) is 16.3. The number of benzene rings is 1. The zero-order valence-corrected chi connectivity index (χ0v) is 13.5. The summed E-state index contributed by atoms with van der Waals surface area (Å²) in [4.78, 5) is 14.4. The monoisotopic (exact) mass is 337 g/mol. The van der Waals surface area contributed by atoms with E-state index in [2.05, 4.69) is 45.2 Å². The van der Waals surface area contributed by atoms with Crippen LogP contribution >= 0.6 is 15.9 Å². The lowest BCUT2D eigenvalue weighted by Gasteiger charge is -2.30. The Morgan fingerprint density at radius 3 is 2.55 bits per heavy atom. The standard InChI is InChI=1S/C15H20BrN3O/c1-11(2)19-9-7-12(8-10-19)17-18-15(20)13-5-3-4-6-14(13)16/h3-6,11H,7-10H2,1-2H3,(H,18,20). The fraction of sp³-hybridized carbons (Fsp3) is 0.467. The van der Waals surface area contributed by atoms with E-state index in [4.69, 9.17) is 0 Å². The first-order valence-electron chi connectivity index (χ1n) is 6.92. The predicted molar refractivity (Wildman–Crippen MR) is 85.0 cm³/mol. The summed E-state index contributed by atoms with van der Waals surface area (Å²) in [6, 6.07) is 7.93. The fourth-order valence-electron chi connectivity index (χ4n) is 2.25. The zero-order valence-electron chi connectivity index (χ0n) is 11.9. The molecule has 1 aliphatic rings. The van der Waals surface area contributed by atoms with Crippen LogP contribution in [0.5, 0.6) is 0 Å². The number of amides is 1. The molecule has 0 bridgehead atoms. The van der Waals surface area contributed by atoms with E-state index in [9.17, 15) is 4.79 Å². The summed E-state index contributed by atoms with van der Waals surface area (Å²) in [6.07, 6.45) is 1.85. The van der Waals surface area contributed by atoms with Crippen molar-refractivity contribution < 1.29 is 4.79 Å². The van der Waals surface area contributed by atoms with Gasteiger partial charge < -0.3 is 4.90 Å². The predicted octanol–water partition coefficient (Wildman–Crippen LogP) is 3.04. The van der Waals surface area contributed by atoms with Crippen LogP contribution in [0, 0.1) is 0 Å². The Hall–Kier alpha value is -1.20. The van der Waals surface area contributed by atoms with E-state index in [1.54, 1.807) is 6.07 Å². The molecule has 0 unspecified atom stereocenters. The molecule has 108 valence electrons. The van der Waals surface area contributed by atoms with Gasteiger partial charge in [0.1, 0.15) is 0 Å². The molecule has 5 heteroatoms. The van der Waals surface area contributed by atoms with E-state index in [0.29, 0.717) is 11.6 Å². The number of hydrogen-bond acceptors (Lipinski definition) is 3. The molecule has 4 nitrogen and oxygen atoms in total. The van der Waals surface area contributed by atoms with Crippen molar-refractivity contribution in [3.05, 3.63) is 34.3 Å². The Morgan fingerprint density at radius 2 is 1.95 bits per heavy atom. The minimum Gasteiger partial charge on any atom is -0.300 e. The highest BCUT2D eigenvalue weighted by molar-refractivity contribution is 9.10. The number of halogens is 1. The number of nitrogens with one attached hydrogen (secondary N) is 1. The molecule has 1 amide bonds. The number of piperidine rings is 1. The highest BCUT2D eigenvalue weighted by Crippen LogP contribution is 2.15. The van der Waals surface area contributed by atoms with E-state index >= 15 is 0 Å². The Balaban J connectivity index is 1.91. The van der Waals surface area contributed by atoms with Gasteiger partial charge in [0.05, 0.1) is 5.56 Å². The molecule has 0 aliphatic carbocycles. The Labute approximate surface area is 128 Å². The van der Waals surface area contributed by atoms with Crippen molar-refractivity contribution in [2.24, 2.45) is 5.10 Å². The summed E-state index contributed by atoms with van der Waals surface area (Å²) in [5.41, 5.74) is 4.33. The van der Waals surface area contributed by atoms with Gasteiger partial charge in [0.2, 0.25) is 0 Å².